The SMILES string of the molecule is C=C(O[Si])C(N)=O. The monoisotopic (exact) mass is 114 g/mol. The van der Waals surface area contributed by atoms with Crippen molar-refractivity contribution in [2.75, 3.05) is 0 Å². The molecular weight excluding hydrogens is 110 g/mol. The zero-order valence-corrected chi connectivity index (χ0v) is 4.60. The summed E-state index contributed by atoms with van der Waals surface area (Å²) >= 11 is 0. The molecule has 3 nitrogen and oxygen atoms in total. The predicted octanol–water partition coefficient (Wildman–Crippen LogP) is -0.915. The zero-order valence-electron chi connectivity index (χ0n) is 3.60. The lowest BCUT2D eigenvalue weighted by molar-refractivity contribution is -0.116. The molecule has 0 aliphatic rings. The Hall–Kier alpha value is -0.773. The Morgan fingerprint density at radius 3 is 2.29 bits per heavy atom. The summed E-state index contributed by atoms with van der Waals surface area (Å²) in [4.78, 5) is 9.90. The number of hydrogen-bond donors (Lipinski definition) is 1. The fraction of sp³-hybridized carbons (Fsp3) is 0. The summed E-state index contributed by atoms with van der Waals surface area (Å²) in [6.07, 6.45) is 0. The summed E-state index contributed by atoms with van der Waals surface area (Å²) in [5.74, 6) is -0.772. The summed E-state index contributed by atoms with van der Waals surface area (Å²) < 4.78 is 4.15. The topological polar surface area (TPSA) is 52.3 Å². The van der Waals surface area contributed by atoms with Gasteiger partial charge < -0.3 is 10.2 Å². The van der Waals surface area contributed by atoms with Crippen molar-refractivity contribution in [3.8, 4) is 0 Å². The minimum Gasteiger partial charge on any atom is -0.537 e. The predicted molar refractivity (Wildman–Crippen MR) is 25.2 cm³/mol. The van der Waals surface area contributed by atoms with Gasteiger partial charge in [-0.1, -0.05) is 6.58 Å². The van der Waals surface area contributed by atoms with Crippen LogP contribution >= 0.6 is 0 Å². The molecule has 37 valence electrons. The van der Waals surface area contributed by atoms with E-state index in [2.05, 4.69) is 27.2 Å². The van der Waals surface area contributed by atoms with Crippen LogP contribution in [0.4, 0.5) is 0 Å². The average molecular weight is 114 g/mol. The van der Waals surface area contributed by atoms with E-state index >= 15 is 0 Å². The number of nitrogens with two attached hydrogens (primary N) is 1. The van der Waals surface area contributed by atoms with Crippen LogP contribution in [0.2, 0.25) is 0 Å². The molecule has 3 radical (unpaired) electrons. The fourth-order valence-electron chi connectivity index (χ4n) is 0.0503. The van der Waals surface area contributed by atoms with Crippen molar-refractivity contribution >= 4 is 16.4 Å². The summed E-state index contributed by atoms with van der Waals surface area (Å²) in [5.41, 5.74) is 4.65. The van der Waals surface area contributed by atoms with E-state index in [1.165, 1.54) is 0 Å². The van der Waals surface area contributed by atoms with Gasteiger partial charge in [-0.05, 0) is 0 Å². The molecular formula is C3H4NO2Si. The highest BCUT2D eigenvalue weighted by Gasteiger charge is 1.95. The van der Waals surface area contributed by atoms with Gasteiger partial charge in [0.1, 0.15) is 0 Å². The van der Waals surface area contributed by atoms with Crippen molar-refractivity contribution < 1.29 is 9.22 Å². The maximum absolute atomic E-state index is 9.90. The minimum absolute atomic E-state index is 0.100. The minimum atomic E-state index is -0.671. The highest BCUT2D eigenvalue weighted by Crippen LogP contribution is 1.82. The van der Waals surface area contributed by atoms with E-state index < -0.39 is 5.91 Å². The molecule has 0 aromatic rings. The molecule has 0 aliphatic carbocycles. The van der Waals surface area contributed by atoms with Gasteiger partial charge in [0.15, 0.2) is 5.76 Å². The van der Waals surface area contributed by atoms with Gasteiger partial charge >= 0.3 is 10.5 Å². The lowest BCUT2D eigenvalue weighted by Gasteiger charge is -1.93. The Labute approximate surface area is 44.7 Å². The van der Waals surface area contributed by atoms with Crippen LogP contribution in [0.3, 0.4) is 0 Å². The number of hydrogen-bond acceptors (Lipinski definition) is 2. The maximum atomic E-state index is 9.90. The molecule has 0 spiro atoms. The smallest absolute Gasteiger partial charge is 0.341 e. The van der Waals surface area contributed by atoms with E-state index in [0.29, 0.717) is 0 Å². The van der Waals surface area contributed by atoms with E-state index in [1.807, 2.05) is 0 Å². The first-order chi connectivity index (χ1) is 3.18. The van der Waals surface area contributed by atoms with Gasteiger partial charge in [-0.15, -0.1) is 0 Å². The first-order valence-electron chi connectivity index (χ1n) is 1.50. The fourth-order valence-corrected chi connectivity index (χ4v) is 0.151. The lowest BCUT2D eigenvalue weighted by atomic mass is 10.6. The van der Waals surface area contributed by atoms with Gasteiger partial charge in [0, 0.05) is 0 Å². The first kappa shape index (κ1) is 6.23. The molecule has 0 unspecified atom stereocenters. The van der Waals surface area contributed by atoms with Crippen LogP contribution in [0.5, 0.6) is 0 Å². The van der Waals surface area contributed by atoms with Gasteiger partial charge in [-0.2, -0.15) is 0 Å². The Bertz CT molecular complexity index is 101. The van der Waals surface area contributed by atoms with Crippen molar-refractivity contribution in [1.29, 1.82) is 0 Å². The third kappa shape index (κ3) is 1.99. The standard InChI is InChI=1S/C3H4NO2Si/c1-2(6-7)3(4)5/h1H2,(H2,4,5). The van der Waals surface area contributed by atoms with E-state index in [1.54, 1.807) is 0 Å². The molecule has 0 rings (SSSR count). The molecule has 2 N–H and O–H groups in total. The quantitative estimate of drug-likeness (QED) is 0.287. The van der Waals surface area contributed by atoms with E-state index in [4.69, 9.17) is 0 Å². The molecule has 0 aliphatic heterocycles. The van der Waals surface area contributed by atoms with Crippen molar-refractivity contribution in [2.24, 2.45) is 5.73 Å². The second-order valence-electron chi connectivity index (χ2n) is 0.889. The molecule has 1 amide bonds. The number of carbonyl (C=O) groups excluding carboxylic acids is 1. The van der Waals surface area contributed by atoms with Crippen LogP contribution in [-0.2, 0) is 9.22 Å². The van der Waals surface area contributed by atoms with Crippen molar-refractivity contribution in [3.63, 3.8) is 0 Å². The van der Waals surface area contributed by atoms with E-state index in [0.717, 1.165) is 0 Å². The molecule has 0 fully saturated rings. The van der Waals surface area contributed by atoms with E-state index in [9.17, 15) is 4.79 Å². The highest BCUT2D eigenvalue weighted by molar-refractivity contribution is 6.03. The summed E-state index contributed by atoms with van der Waals surface area (Å²) in [7, 11) is 2.56. The van der Waals surface area contributed by atoms with Crippen LogP contribution in [0.25, 0.3) is 0 Å². The Balaban J connectivity index is 3.58. The molecule has 4 heteroatoms. The Morgan fingerprint density at radius 2 is 2.29 bits per heavy atom. The molecule has 0 aromatic heterocycles. The summed E-state index contributed by atoms with van der Waals surface area (Å²) in [5, 5.41) is 0. The number of amides is 1. The Morgan fingerprint density at radius 1 is 1.86 bits per heavy atom. The second-order valence-corrected chi connectivity index (χ2v) is 1.09. The molecule has 7 heavy (non-hydrogen) atoms. The van der Waals surface area contributed by atoms with Crippen molar-refractivity contribution in [1.82, 2.24) is 0 Å². The third-order valence-corrected chi connectivity index (χ3v) is 0.644. The zero-order chi connectivity index (χ0) is 5.86. The van der Waals surface area contributed by atoms with Gasteiger partial charge in [-0.25, -0.2) is 0 Å². The molecule has 0 aromatic carbocycles. The maximum Gasteiger partial charge on any atom is 0.341 e. The Kier molecular flexibility index (Phi) is 2.14. The van der Waals surface area contributed by atoms with Crippen LogP contribution in [0.15, 0.2) is 12.3 Å². The molecule has 0 saturated heterocycles. The average Bonchev–Trinajstić information content (AvgIpc) is 1.65. The molecule has 0 bridgehead atoms. The van der Waals surface area contributed by atoms with Crippen LogP contribution in [0, 0.1) is 0 Å². The van der Waals surface area contributed by atoms with Gasteiger partial charge in [-0.3, -0.25) is 4.79 Å². The summed E-state index contributed by atoms with van der Waals surface area (Å²) in [6.45, 7) is 3.13. The molecule has 0 saturated carbocycles. The molecule has 0 atom stereocenters. The van der Waals surface area contributed by atoms with Crippen LogP contribution < -0.4 is 5.73 Å². The van der Waals surface area contributed by atoms with E-state index in [-0.39, 0.29) is 5.76 Å². The number of primary amides is 1. The van der Waals surface area contributed by atoms with Gasteiger partial charge in [0.25, 0.3) is 5.91 Å². The van der Waals surface area contributed by atoms with Crippen LogP contribution in [-0.4, -0.2) is 16.4 Å². The number of rotatable bonds is 2. The van der Waals surface area contributed by atoms with Crippen molar-refractivity contribution in [2.45, 2.75) is 0 Å². The van der Waals surface area contributed by atoms with Crippen LogP contribution in [0.1, 0.15) is 0 Å². The highest BCUT2D eigenvalue weighted by atomic mass is 28.2. The normalized spacial score (nSPS) is 7.57. The first-order valence-corrected chi connectivity index (χ1v) is 1.91. The molecule has 0 heterocycles. The van der Waals surface area contributed by atoms with Gasteiger partial charge in [0.05, 0.1) is 0 Å². The van der Waals surface area contributed by atoms with Crippen molar-refractivity contribution in [3.05, 3.63) is 12.3 Å². The second kappa shape index (κ2) is 2.41. The third-order valence-electron chi connectivity index (χ3n) is 0.398. The lowest BCUT2D eigenvalue weighted by Crippen LogP contribution is -2.14. The largest absolute Gasteiger partial charge is 0.537 e. The number of carbonyl (C=O) groups is 1. The summed E-state index contributed by atoms with van der Waals surface area (Å²) in [6, 6.07) is 0. The van der Waals surface area contributed by atoms with Gasteiger partial charge in [0.2, 0.25) is 0 Å².